The molecular formula is C29H28N3O10P. The van der Waals surface area contributed by atoms with E-state index in [-0.39, 0.29) is 30.2 Å². The lowest BCUT2D eigenvalue weighted by Crippen LogP contribution is -2.44. The summed E-state index contributed by atoms with van der Waals surface area (Å²) in [4.78, 5) is 35.4. The molecule has 0 fully saturated rings. The van der Waals surface area contributed by atoms with Gasteiger partial charge in [0, 0.05) is 12.0 Å². The van der Waals surface area contributed by atoms with Crippen LogP contribution in [0.5, 0.6) is 0 Å². The Hall–Kier alpha value is -4.60. The van der Waals surface area contributed by atoms with Crippen LogP contribution in [-0.2, 0) is 27.7 Å². The Labute approximate surface area is 246 Å². The van der Waals surface area contributed by atoms with Gasteiger partial charge in [-0.2, -0.15) is 5.26 Å². The van der Waals surface area contributed by atoms with Crippen molar-refractivity contribution >= 4 is 25.6 Å². The van der Waals surface area contributed by atoms with Crippen LogP contribution < -0.4 is 5.32 Å². The zero-order chi connectivity index (χ0) is 31.0. The number of hydrogen-bond acceptors (Lipinski definition) is 10. The second kappa shape index (κ2) is 14.0. The summed E-state index contributed by atoms with van der Waals surface area (Å²) < 4.78 is 34.6. The molecule has 0 radical (unpaired) electrons. The Morgan fingerprint density at radius 1 is 1.05 bits per heavy atom. The zero-order valence-electron chi connectivity index (χ0n) is 23.0. The molecule has 0 aromatic heterocycles. The van der Waals surface area contributed by atoms with Gasteiger partial charge in [-0.25, -0.2) is 14.2 Å². The quantitative estimate of drug-likeness (QED) is 0.0985. The Morgan fingerprint density at radius 2 is 1.65 bits per heavy atom. The average Bonchev–Trinajstić information content (AvgIpc) is 3.31. The molecule has 3 atom stereocenters. The van der Waals surface area contributed by atoms with E-state index in [9.17, 15) is 29.4 Å². The minimum absolute atomic E-state index is 0.0618. The lowest BCUT2D eigenvalue weighted by atomic mass is 9.98. The van der Waals surface area contributed by atoms with Gasteiger partial charge in [0.25, 0.3) is 5.69 Å². The maximum Gasteiger partial charge on any atom is 0.475 e. The second-order valence-electron chi connectivity index (χ2n) is 9.41. The fraction of sp³-hybridized carbons (Fsp3) is 0.276. The number of nitro groups is 1. The number of carboxylic acid groups (broad SMARTS) is 1. The van der Waals surface area contributed by atoms with Crippen LogP contribution in [0.15, 0.2) is 72.8 Å². The van der Waals surface area contributed by atoms with E-state index in [1.807, 2.05) is 48.5 Å². The Balaban J connectivity index is 1.41. The Morgan fingerprint density at radius 3 is 2.26 bits per heavy atom. The van der Waals surface area contributed by atoms with Gasteiger partial charge in [-0.15, -0.1) is 0 Å². The van der Waals surface area contributed by atoms with E-state index in [4.69, 9.17) is 23.6 Å². The molecular weight excluding hydrogens is 581 g/mol. The highest BCUT2D eigenvalue weighted by Gasteiger charge is 2.35. The molecule has 4 rings (SSSR count). The van der Waals surface area contributed by atoms with E-state index < -0.39 is 50.2 Å². The normalized spacial score (nSPS) is 14.8. The van der Waals surface area contributed by atoms with Crippen molar-refractivity contribution in [2.75, 3.05) is 19.8 Å². The highest BCUT2D eigenvalue weighted by Crippen LogP contribution is 2.54. The van der Waals surface area contributed by atoms with Gasteiger partial charge in [-0.3, -0.25) is 23.7 Å². The van der Waals surface area contributed by atoms with E-state index in [0.717, 1.165) is 22.3 Å². The number of carbonyl (C=O) groups excluding carboxylic acids is 1. The maximum absolute atomic E-state index is 13.4. The van der Waals surface area contributed by atoms with Crippen molar-refractivity contribution in [2.45, 2.75) is 31.4 Å². The van der Waals surface area contributed by atoms with Crippen molar-refractivity contribution in [3.63, 3.8) is 0 Å². The summed E-state index contributed by atoms with van der Waals surface area (Å²) in [5, 5.41) is 32.1. The van der Waals surface area contributed by atoms with Gasteiger partial charge in [0.1, 0.15) is 6.61 Å². The number of fused-ring (bicyclic) bond motifs is 3. The number of phosphoric ester groups is 1. The van der Waals surface area contributed by atoms with Crippen molar-refractivity contribution < 1.29 is 42.5 Å². The van der Waals surface area contributed by atoms with Crippen molar-refractivity contribution in [3.05, 3.63) is 99.6 Å². The summed E-state index contributed by atoms with van der Waals surface area (Å²) in [7, 11) is -4.59. The smallest absolute Gasteiger partial charge is 0.475 e. The molecule has 3 aromatic carbocycles. The largest absolute Gasteiger partial charge is 0.480 e. The molecule has 1 aliphatic rings. The minimum Gasteiger partial charge on any atom is -0.480 e. The number of nitriles is 1. The van der Waals surface area contributed by atoms with Crippen LogP contribution in [-0.4, -0.2) is 48.0 Å². The summed E-state index contributed by atoms with van der Waals surface area (Å²) >= 11 is 0. The highest BCUT2D eigenvalue weighted by atomic mass is 31.2. The molecule has 0 spiro atoms. The number of amides is 1. The number of para-hydroxylation sites is 1. The number of nitrogens with one attached hydrogen (secondary N) is 1. The fourth-order valence-electron chi connectivity index (χ4n) is 4.67. The first-order valence-electron chi connectivity index (χ1n) is 13.2. The van der Waals surface area contributed by atoms with Gasteiger partial charge in [-0.05, 0) is 35.2 Å². The molecule has 0 heterocycles. The molecule has 0 saturated carbocycles. The summed E-state index contributed by atoms with van der Waals surface area (Å²) in [6.45, 7) is 0.0385. The predicted molar refractivity (Wildman–Crippen MR) is 152 cm³/mol. The maximum atomic E-state index is 13.4. The first kappa shape index (κ1) is 31.3. The molecule has 13 nitrogen and oxygen atoms in total. The highest BCUT2D eigenvalue weighted by molar-refractivity contribution is 7.48. The third kappa shape index (κ3) is 7.63. The first-order chi connectivity index (χ1) is 20.6. The molecule has 0 saturated heterocycles. The van der Waals surface area contributed by atoms with Crippen LogP contribution in [0.3, 0.4) is 0 Å². The van der Waals surface area contributed by atoms with Gasteiger partial charge in [0.05, 0.1) is 42.3 Å². The summed E-state index contributed by atoms with van der Waals surface area (Å²) in [6.07, 6.45) is -2.43. The SMILES string of the molecule is CC(OP(=O)(OCCC#N)OCC(NC(=O)OCC1c2ccccc2-c2ccccc21)C(=O)O)c1ccccc1[N+](=O)[O-]. The van der Waals surface area contributed by atoms with E-state index in [2.05, 4.69) is 5.32 Å². The third-order valence-electron chi connectivity index (χ3n) is 6.66. The number of hydrogen-bond donors (Lipinski definition) is 2. The molecule has 0 aliphatic heterocycles. The third-order valence-corrected chi connectivity index (χ3v) is 8.19. The fourth-order valence-corrected chi connectivity index (χ4v) is 6.02. The molecule has 1 aliphatic carbocycles. The second-order valence-corrected chi connectivity index (χ2v) is 11.0. The number of alkyl carbamates (subject to hydrolysis) is 1. The van der Waals surface area contributed by atoms with Crippen molar-refractivity contribution in [1.29, 1.82) is 5.26 Å². The van der Waals surface area contributed by atoms with Crippen LogP contribution in [0.2, 0.25) is 0 Å². The van der Waals surface area contributed by atoms with Gasteiger partial charge in [0.2, 0.25) is 0 Å². The van der Waals surface area contributed by atoms with Crippen LogP contribution >= 0.6 is 7.82 Å². The topological polar surface area (TPSA) is 187 Å². The molecule has 43 heavy (non-hydrogen) atoms. The van der Waals surface area contributed by atoms with E-state index in [1.165, 1.54) is 31.2 Å². The first-order valence-corrected chi connectivity index (χ1v) is 14.6. The standard InChI is InChI=1S/C29H28N3O10P/c1-19(20-9-6-7-14-27(20)32(36)37)42-43(38,40-16-8-15-30)41-18-26(28(33)34)31-29(35)39-17-25-23-12-4-2-10-21(23)22-11-3-5-13-24(22)25/h2-7,9-14,19,25-26H,8,16-18H2,1H3,(H,31,35)(H,33,34). The molecule has 1 amide bonds. The van der Waals surface area contributed by atoms with Crippen molar-refractivity contribution in [1.82, 2.24) is 5.32 Å². The Bertz CT molecular complexity index is 1540. The number of nitro benzene ring substituents is 1. The molecule has 224 valence electrons. The molecule has 2 N–H and O–H groups in total. The van der Waals surface area contributed by atoms with Crippen LogP contribution in [0.4, 0.5) is 10.5 Å². The van der Waals surface area contributed by atoms with Crippen LogP contribution in [0, 0.1) is 21.4 Å². The van der Waals surface area contributed by atoms with E-state index >= 15 is 0 Å². The number of ether oxygens (including phenoxy) is 1. The molecule has 0 bridgehead atoms. The average molecular weight is 610 g/mol. The lowest BCUT2D eigenvalue weighted by Gasteiger charge is -2.23. The van der Waals surface area contributed by atoms with E-state index in [0.29, 0.717) is 0 Å². The van der Waals surface area contributed by atoms with Gasteiger partial charge in [-0.1, -0.05) is 60.7 Å². The van der Waals surface area contributed by atoms with Crippen molar-refractivity contribution in [2.24, 2.45) is 0 Å². The monoisotopic (exact) mass is 609 g/mol. The van der Waals surface area contributed by atoms with Gasteiger partial charge < -0.3 is 15.2 Å². The number of rotatable bonds is 14. The number of aliphatic carboxylic acids is 1. The number of phosphoric acid groups is 1. The Kier molecular flexibility index (Phi) is 10.2. The van der Waals surface area contributed by atoms with Gasteiger partial charge >= 0.3 is 19.9 Å². The minimum atomic E-state index is -4.59. The summed E-state index contributed by atoms with van der Waals surface area (Å²) in [5.41, 5.74) is 3.73. The van der Waals surface area contributed by atoms with Crippen LogP contribution in [0.1, 0.15) is 42.1 Å². The molecule has 14 heteroatoms. The van der Waals surface area contributed by atoms with Crippen molar-refractivity contribution in [3.8, 4) is 17.2 Å². The van der Waals surface area contributed by atoms with E-state index in [1.54, 1.807) is 6.07 Å². The zero-order valence-corrected chi connectivity index (χ0v) is 23.8. The predicted octanol–water partition coefficient (Wildman–Crippen LogP) is 5.72. The number of nitrogens with zero attached hydrogens (tertiary/aromatic N) is 2. The number of benzene rings is 3. The number of carbonyl (C=O) groups is 2. The molecule has 3 aromatic rings. The summed E-state index contributed by atoms with van der Waals surface area (Å²) in [6, 6.07) is 21.1. The summed E-state index contributed by atoms with van der Waals surface area (Å²) in [5.74, 6) is -1.79. The number of carboxylic acids is 1. The lowest BCUT2D eigenvalue weighted by molar-refractivity contribution is -0.386. The van der Waals surface area contributed by atoms with Gasteiger partial charge in [0.15, 0.2) is 6.04 Å². The molecule has 3 unspecified atom stereocenters. The van der Waals surface area contributed by atoms with Crippen LogP contribution in [0.25, 0.3) is 11.1 Å².